The molecule has 0 spiro atoms. The second-order valence-corrected chi connectivity index (χ2v) is 9.16. The van der Waals surface area contributed by atoms with E-state index >= 15 is 0 Å². The lowest BCUT2D eigenvalue weighted by molar-refractivity contribution is -0.136. The molecule has 0 radical (unpaired) electrons. The molecule has 1 fully saturated rings. The minimum Gasteiger partial charge on any atom is -0.493 e. The van der Waals surface area contributed by atoms with Crippen molar-refractivity contribution in [2.45, 2.75) is 26.7 Å². The summed E-state index contributed by atoms with van der Waals surface area (Å²) in [6, 6.07) is 15.3. The van der Waals surface area contributed by atoms with Crippen LogP contribution in [0.15, 0.2) is 54.7 Å². The van der Waals surface area contributed by atoms with Crippen LogP contribution in [0.1, 0.15) is 26.7 Å². The number of ether oxygens (including phenoxy) is 2. The van der Waals surface area contributed by atoms with Crippen molar-refractivity contribution in [3.8, 4) is 28.4 Å². The number of methoxy groups -OCH3 is 2. The third-order valence-corrected chi connectivity index (χ3v) is 5.83. The van der Waals surface area contributed by atoms with Crippen LogP contribution in [0.2, 0.25) is 0 Å². The molecule has 2 amide bonds. The molecular weight excluding hydrogens is 444 g/mol. The highest BCUT2D eigenvalue weighted by Crippen LogP contribution is 2.33. The van der Waals surface area contributed by atoms with Gasteiger partial charge in [0.2, 0.25) is 17.8 Å². The summed E-state index contributed by atoms with van der Waals surface area (Å²) in [5, 5.41) is 2.93. The van der Waals surface area contributed by atoms with Gasteiger partial charge in [0.05, 0.1) is 32.1 Å². The molecule has 1 aromatic heterocycles. The molecule has 0 bridgehead atoms. The van der Waals surface area contributed by atoms with Crippen LogP contribution in [0.25, 0.3) is 16.9 Å². The Morgan fingerprint density at radius 3 is 2.43 bits per heavy atom. The van der Waals surface area contributed by atoms with Gasteiger partial charge in [-0.15, -0.1) is 0 Å². The number of rotatable bonds is 10. The van der Waals surface area contributed by atoms with Crippen molar-refractivity contribution in [3.05, 3.63) is 54.7 Å². The van der Waals surface area contributed by atoms with Crippen LogP contribution in [0.4, 0.5) is 5.95 Å². The summed E-state index contributed by atoms with van der Waals surface area (Å²) >= 11 is 0. The van der Waals surface area contributed by atoms with Gasteiger partial charge >= 0.3 is 0 Å². The molecule has 1 saturated carbocycles. The molecule has 4 rings (SSSR count). The van der Waals surface area contributed by atoms with E-state index in [1.54, 1.807) is 29.8 Å². The minimum absolute atomic E-state index is 0.00697. The summed E-state index contributed by atoms with van der Waals surface area (Å²) in [7, 11) is 3.16. The predicted molar refractivity (Wildman–Crippen MR) is 135 cm³/mol. The van der Waals surface area contributed by atoms with Crippen LogP contribution in [0, 0.1) is 11.8 Å². The van der Waals surface area contributed by atoms with Crippen molar-refractivity contribution in [2.24, 2.45) is 11.8 Å². The van der Waals surface area contributed by atoms with E-state index in [1.807, 2.05) is 62.5 Å². The number of carbonyl (C=O) groups excluding carboxylic acids is 2. The van der Waals surface area contributed by atoms with E-state index in [9.17, 15) is 9.59 Å². The number of nitrogens with one attached hydrogen (secondary N) is 1. The zero-order valence-corrected chi connectivity index (χ0v) is 20.7. The summed E-state index contributed by atoms with van der Waals surface area (Å²) in [6.07, 6.45) is 3.67. The molecule has 8 nitrogen and oxygen atoms in total. The lowest BCUT2D eigenvalue weighted by Gasteiger charge is -2.24. The molecule has 2 aromatic carbocycles. The number of nitrogens with zero attached hydrogens (tertiary/aromatic N) is 3. The average molecular weight is 477 g/mol. The fourth-order valence-corrected chi connectivity index (χ4v) is 3.99. The molecule has 184 valence electrons. The maximum Gasteiger partial charge on any atom is 0.246 e. The van der Waals surface area contributed by atoms with Crippen LogP contribution < -0.4 is 14.8 Å². The highest BCUT2D eigenvalue weighted by molar-refractivity contribution is 5.94. The predicted octanol–water partition coefficient (Wildman–Crippen LogP) is 4.39. The first kappa shape index (κ1) is 24.3. The minimum atomic E-state index is -0.286. The Kier molecular flexibility index (Phi) is 7.39. The van der Waals surface area contributed by atoms with Gasteiger partial charge in [-0.1, -0.05) is 44.2 Å². The number of amides is 2. The SMILES string of the molecule is COc1ccc(-n2cc(-c3ccccc3)nc2NC(=O)CN(CC(C)C)C(=O)C2CC2)cc1OC. The monoisotopic (exact) mass is 476 g/mol. The van der Waals surface area contributed by atoms with Gasteiger partial charge in [0.25, 0.3) is 0 Å². The molecular formula is C27H32N4O4. The molecule has 35 heavy (non-hydrogen) atoms. The van der Waals surface area contributed by atoms with Gasteiger partial charge in [-0.05, 0) is 30.9 Å². The Balaban J connectivity index is 1.64. The second kappa shape index (κ2) is 10.6. The van der Waals surface area contributed by atoms with E-state index in [4.69, 9.17) is 14.5 Å². The van der Waals surface area contributed by atoms with Crippen molar-refractivity contribution >= 4 is 17.8 Å². The first-order chi connectivity index (χ1) is 16.9. The lowest BCUT2D eigenvalue weighted by Crippen LogP contribution is -2.41. The van der Waals surface area contributed by atoms with Crippen molar-refractivity contribution in [1.29, 1.82) is 0 Å². The van der Waals surface area contributed by atoms with Crippen LogP contribution >= 0.6 is 0 Å². The van der Waals surface area contributed by atoms with Gasteiger partial charge in [0.1, 0.15) is 0 Å². The second-order valence-electron chi connectivity index (χ2n) is 9.16. The molecule has 1 aliphatic rings. The van der Waals surface area contributed by atoms with E-state index < -0.39 is 0 Å². The molecule has 8 heteroatoms. The van der Waals surface area contributed by atoms with Gasteiger partial charge in [0, 0.05) is 30.3 Å². The Labute approximate surface area is 205 Å². The highest BCUT2D eigenvalue weighted by atomic mass is 16.5. The number of carbonyl (C=O) groups is 2. The fourth-order valence-electron chi connectivity index (χ4n) is 3.99. The van der Waals surface area contributed by atoms with Crippen molar-refractivity contribution in [3.63, 3.8) is 0 Å². The first-order valence-electron chi connectivity index (χ1n) is 11.9. The Hall–Kier alpha value is -3.81. The maximum absolute atomic E-state index is 13.1. The van der Waals surface area contributed by atoms with E-state index in [2.05, 4.69) is 5.32 Å². The van der Waals surface area contributed by atoms with Crippen molar-refractivity contribution in [1.82, 2.24) is 14.5 Å². The van der Waals surface area contributed by atoms with Crippen molar-refractivity contribution < 1.29 is 19.1 Å². The summed E-state index contributed by atoms with van der Waals surface area (Å²) in [5.74, 6) is 1.63. The van der Waals surface area contributed by atoms with Crippen molar-refractivity contribution in [2.75, 3.05) is 32.6 Å². The van der Waals surface area contributed by atoms with Gasteiger partial charge in [-0.25, -0.2) is 4.98 Å². The Bertz CT molecular complexity index is 1190. The fraction of sp³-hybridized carbons (Fsp3) is 0.370. The van der Waals surface area contributed by atoms with Crippen LogP contribution in [0.5, 0.6) is 11.5 Å². The summed E-state index contributed by atoms with van der Waals surface area (Å²) in [5.41, 5.74) is 2.39. The number of hydrogen-bond acceptors (Lipinski definition) is 5. The Morgan fingerprint density at radius 2 is 1.80 bits per heavy atom. The summed E-state index contributed by atoms with van der Waals surface area (Å²) in [6.45, 7) is 4.62. The van der Waals surface area contributed by atoms with E-state index in [0.29, 0.717) is 29.7 Å². The third-order valence-electron chi connectivity index (χ3n) is 5.83. The van der Waals surface area contributed by atoms with Gasteiger partial charge in [-0.2, -0.15) is 0 Å². The molecule has 0 aliphatic heterocycles. The quantitative estimate of drug-likeness (QED) is 0.469. The zero-order chi connectivity index (χ0) is 24.9. The first-order valence-corrected chi connectivity index (χ1v) is 11.9. The van der Waals surface area contributed by atoms with Gasteiger partial charge in [0.15, 0.2) is 11.5 Å². The largest absolute Gasteiger partial charge is 0.493 e. The summed E-state index contributed by atoms with van der Waals surface area (Å²) < 4.78 is 12.6. The maximum atomic E-state index is 13.1. The van der Waals surface area contributed by atoms with E-state index in [1.165, 1.54) is 0 Å². The highest BCUT2D eigenvalue weighted by Gasteiger charge is 2.34. The number of benzene rings is 2. The Morgan fingerprint density at radius 1 is 1.09 bits per heavy atom. The normalized spacial score (nSPS) is 12.9. The van der Waals surface area contributed by atoms with E-state index in [0.717, 1.165) is 24.1 Å². The van der Waals surface area contributed by atoms with E-state index in [-0.39, 0.29) is 30.2 Å². The van der Waals surface area contributed by atoms with Crippen LogP contribution in [-0.4, -0.2) is 53.6 Å². The van der Waals surface area contributed by atoms with Crippen LogP contribution in [0.3, 0.4) is 0 Å². The number of aromatic nitrogens is 2. The number of hydrogen-bond donors (Lipinski definition) is 1. The summed E-state index contributed by atoms with van der Waals surface area (Å²) in [4.78, 5) is 32.2. The topological polar surface area (TPSA) is 85.7 Å². The standard InChI is InChI=1S/C27H32N4O4/c1-18(2)15-30(26(33)20-10-11-20)17-25(32)29-27-28-22(19-8-6-5-7-9-19)16-31(27)21-12-13-23(34-3)24(14-21)35-4/h5-9,12-14,16,18,20H,10-11,15,17H2,1-4H3,(H,28,29,32). The number of imidazole rings is 1. The van der Waals surface area contributed by atoms with Crippen LogP contribution in [-0.2, 0) is 9.59 Å². The molecule has 1 aliphatic carbocycles. The zero-order valence-electron chi connectivity index (χ0n) is 20.7. The molecule has 1 heterocycles. The number of anilines is 1. The third kappa shape index (κ3) is 5.82. The smallest absolute Gasteiger partial charge is 0.246 e. The molecule has 0 atom stereocenters. The molecule has 3 aromatic rings. The molecule has 1 N–H and O–H groups in total. The lowest BCUT2D eigenvalue weighted by atomic mass is 10.2. The molecule has 0 unspecified atom stereocenters. The average Bonchev–Trinajstić information content (AvgIpc) is 3.63. The van der Waals surface area contributed by atoms with Gasteiger partial charge < -0.3 is 14.4 Å². The van der Waals surface area contributed by atoms with Gasteiger partial charge in [-0.3, -0.25) is 19.5 Å². The molecule has 0 saturated heterocycles.